The van der Waals surface area contributed by atoms with Crippen LogP contribution in [-0.2, 0) is 4.79 Å². The lowest BCUT2D eigenvalue weighted by atomic mass is 10.2. The van der Waals surface area contributed by atoms with Crippen LogP contribution in [0, 0.1) is 0 Å². The van der Waals surface area contributed by atoms with E-state index in [1.807, 2.05) is 12.1 Å². The molecule has 0 atom stereocenters. The first-order chi connectivity index (χ1) is 11.1. The number of carbonyl (C=O) groups excluding carboxylic acids is 1. The molecule has 0 unspecified atom stereocenters. The Labute approximate surface area is 140 Å². The third-order valence-corrected chi connectivity index (χ3v) is 4.57. The zero-order valence-electron chi connectivity index (χ0n) is 14.7. The first kappa shape index (κ1) is 17.8. The number of rotatable bonds is 7. The Morgan fingerprint density at radius 2 is 1.70 bits per heavy atom. The quantitative estimate of drug-likeness (QED) is 0.836. The van der Waals surface area contributed by atoms with Gasteiger partial charge in [0.05, 0.1) is 0 Å². The molecule has 0 radical (unpaired) electrons. The van der Waals surface area contributed by atoms with E-state index < -0.39 is 0 Å². The summed E-state index contributed by atoms with van der Waals surface area (Å²) in [7, 11) is 2.16. The molecule has 128 valence electrons. The fraction of sp³-hybridized carbons (Fsp3) is 0.611. The van der Waals surface area contributed by atoms with E-state index in [2.05, 4.69) is 53.0 Å². The molecule has 5 heteroatoms. The highest BCUT2D eigenvalue weighted by molar-refractivity contribution is 5.91. The van der Waals surface area contributed by atoms with E-state index >= 15 is 0 Å². The summed E-state index contributed by atoms with van der Waals surface area (Å²) in [6.07, 6.45) is 0.544. The molecule has 23 heavy (non-hydrogen) atoms. The fourth-order valence-electron chi connectivity index (χ4n) is 2.84. The molecule has 1 heterocycles. The van der Waals surface area contributed by atoms with Crippen LogP contribution in [0.2, 0.25) is 0 Å². The topological polar surface area (TPSA) is 38.8 Å². The molecule has 1 fully saturated rings. The van der Waals surface area contributed by atoms with Crippen LogP contribution in [-0.4, -0.2) is 68.6 Å². The standard InChI is InChI=1S/C18H30N4O/c1-4-21(5-2)11-10-18(23)19-16-6-8-17(9-7-16)22-14-12-20(3)13-15-22/h6-9H,4-5,10-15H2,1-3H3,(H,19,23). The molecule has 2 rings (SSSR count). The molecule has 0 aliphatic carbocycles. The molecule has 0 spiro atoms. The zero-order valence-corrected chi connectivity index (χ0v) is 14.7. The minimum absolute atomic E-state index is 0.0873. The molecule has 0 bridgehead atoms. The van der Waals surface area contributed by atoms with E-state index in [9.17, 15) is 4.79 Å². The maximum atomic E-state index is 12.0. The van der Waals surface area contributed by atoms with Crippen molar-refractivity contribution in [2.24, 2.45) is 0 Å². The molecule has 5 nitrogen and oxygen atoms in total. The number of nitrogens with one attached hydrogen (secondary N) is 1. The van der Waals surface area contributed by atoms with Crippen LogP contribution in [0.1, 0.15) is 20.3 Å². The van der Waals surface area contributed by atoms with Crippen molar-refractivity contribution in [3.63, 3.8) is 0 Å². The molecule has 1 aromatic rings. The van der Waals surface area contributed by atoms with Gasteiger partial charge < -0.3 is 20.0 Å². The minimum Gasteiger partial charge on any atom is -0.369 e. The van der Waals surface area contributed by atoms with Crippen LogP contribution < -0.4 is 10.2 Å². The van der Waals surface area contributed by atoms with E-state index in [4.69, 9.17) is 0 Å². The van der Waals surface area contributed by atoms with Crippen molar-refractivity contribution in [1.82, 2.24) is 9.80 Å². The zero-order chi connectivity index (χ0) is 16.7. The Morgan fingerprint density at radius 1 is 1.09 bits per heavy atom. The molecule has 1 saturated heterocycles. The maximum Gasteiger partial charge on any atom is 0.225 e. The van der Waals surface area contributed by atoms with Crippen LogP contribution in [0.3, 0.4) is 0 Å². The summed E-state index contributed by atoms with van der Waals surface area (Å²) >= 11 is 0. The van der Waals surface area contributed by atoms with Crippen LogP contribution in [0.4, 0.5) is 11.4 Å². The number of hydrogen-bond donors (Lipinski definition) is 1. The van der Waals surface area contributed by atoms with Crippen molar-refractivity contribution in [2.75, 3.05) is 63.1 Å². The van der Waals surface area contributed by atoms with Crippen molar-refractivity contribution in [2.45, 2.75) is 20.3 Å². The Hall–Kier alpha value is -1.59. The van der Waals surface area contributed by atoms with Gasteiger partial charge in [0.2, 0.25) is 5.91 Å². The van der Waals surface area contributed by atoms with Crippen molar-refractivity contribution in [1.29, 1.82) is 0 Å². The van der Waals surface area contributed by atoms with E-state index in [0.29, 0.717) is 6.42 Å². The molecule has 1 amide bonds. The second-order valence-corrected chi connectivity index (χ2v) is 6.16. The highest BCUT2D eigenvalue weighted by Crippen LogP contribution is 2.19. The molecule has 1 N–H and O–H groups in total. The van der Waals surface area contributed by atoms with Gasteiger partial charge in [0, 0.05) is 50.5 Å². The summed E-state index contributed by atoms with van der Waals surface area (Å²) in [6.45, 7) is 11.4. The maximum absolute atomic E-state index is 12.0. The molecule has 1 aromatic carbocycles. The van der Waals surface area contributed by atoms with Gasteiger partial charge in [0.15, 0.2) is 0 Å². The van der Waals surface area contributed by atoms with Gasteiger partial charge in [-0.3, -0.25) is 4.79 Å². The second-order valence-electron chi connectivity index (χ2n) is 6.16. The first-order valence-corrected chi connectivity index (χ1v) is 8.68. The molecule has 1 aliphatic rings. The van der Waals surface area contributed by atoms with Crippen LogP contribution in [0.15, 0.2) is 24.3 Å². The summed E-state index contributed by atoms with van der Waals surface area (Å²) in [5.74, 6) is 0.0873. The molecule has 1 aliphatic heterocycles. The SMILES string of the molecule is CCN(CC)CCC(=O)Nc1ccc(N2CCN(C)CC2)cc1. The van der Waals surface area contributed by atoms with Crippen molar-refractivity contribution < 1.29 is 4.79 Å². The van der Waals surface area contributed by atoms with Gasteiger partial charge >= 0.3 is 0 Å². The van der Waals surface area contributed by atoms with Gasteiger partial charge in [-0.1, -0.05) is 13.8 Å². The summed E-state index contributed by atoms with van der Waals surface area (Å²) in [6, 6.07) is 8.21. The van der Waals surface area contributed by atoms with Gasteiger partial charge in [0.1, 0.15) is 0 Å². The van der Waals surface area contributed by atoms with Crippen LogP contribution >= 0.6 is 0 Å². The summed E-state index contributed by atoms with van der Waals surface area (Å²) in [5, 5.41) is 2.99. The first-order valence-electron chi connectivity index (χ1n) is 8.68. The van der Waals surface area contributed by atoms with E-state index in [0.717, 1.165) is 51.5 Å². The third kappa shape index (κ3) is 5.52. The summed E-state index contributed by atoms with van der Waals surface area (Å²) < 4.78 is 0. The monoisotopic (exact) mass is 318 g/mol. The lowest BCUT2D eigenvalue weighted by Crippen LogP contribution is -2.44. The number of anilines is 2. The van der Waals surface area contributed by atoms with Gasteiger partial charge in [-0.15, -0.1) is 0 Å². The van der Waals surface area contributed by atoms with Crippen molar-refractivity contribution >= 4 is 17.3 Å². The van der Waals surface area contributed by atoms with Gasteiger partial charge in [0.25, 0.3) is 0 Å². The third-order valence-electron chi connectivity index (χ3n) is 4.57. The highest BCUT2D eigenvalue weighted by Gasteiger charge is 2.14. The Morgan fingerprint density at radius 3 is 2.26 bits per heavy atom. The van der Waals surface area contributed by atoms with Gasteiger partial charge in [-0.2, -0.15) is 0 Å². The van der Waals surface area contributed by atoms with Gasteiger partial charge in [-0.05, 0) is 44.4 Å². The Bertz CT molecular complexity index is 476. The molecule has 0 aromatic heterocycles. The predicted molar refractivity (Wildman–Crippen MR) is 97.2 cm³/mol. The lowest BCUT2D eigenvalue weighted by molar-refractivity contribution is -0.116. The van der Waals surface area contributed by atoms with Crippen LogP contribution in [0.5, 0.6) is 0 Å². The smallest absolute Gasteiger partial charge is 0.225 e. The number of amides is 1. The summed E-state index contributed by atoms with van der Waals surface area (Å²) in [4.78, 5) is 19.0. The van der Waals surface area contributed by atoms with Gasteiger partial charge in [-0.25, -0.2) is 0 Å². The minimum atomic E-state index is 0.0873. The number of benzene rings is 1. The van der Waals surface area contributed by atoms with Crippen molar-refractivity contribution in [3.05, 3.63) is 24.3 Å². The fourth-order valence-corrected chi connectivity index (χ4v) is 2.84. The second kappa shape index (κ2) is 8.89. The van der Waals surface area contributed by atoms with E-state index in [1.165, 1.54) is 5.69 Å². The Kier molecular flexibility index (Phi) is 6.86. The molecular formula is C18H30N4O. The van der Waals surface area contributed by atoms with E-state index in [-0.39, 0.29) is 5.91 Å². The highest BCUT2D eigenvalue weighted by atomic mass is 16.1. The van der Waals surface area contributed by atoms with Crippen molar-refractivity contribution in [3.8, 4) is 0 Å². The number of nitrogens with zero attached hydrogens (tertiary/aromatic N) is 3. The average Bonchev–Trinajstić information content (AvgIpc) is 2.57. The van der Waals surface area contributed by atoms with E-state index in [1.54, 1.807) is 0 Å². The number of piperazine rings is 1. The largest absolute Gasteiger partial charge is 0.369 e. The average molecular weight is 318 g/mol. The van der Waals surface area contributed by atoms with Crippen LogP contribution in [0.25, 0.3) is 0 Å². The number of hydrogen-bond acceptors (Lipinski definition) is 4. The lowest BCUT2D eigenvalue weighted by Gasteiger charge is -2.34. The summed E-state index contributed by atoms with van der Waals surface area (Å²) in [5.41, 5.74) is 2.12. The molecular weight excluding hydrogens is 288 g/mol. The normalized spacial score (nSPS) is 15.9. The number of likely N-dealkylation sites (N-methyl/N-ethyl adjacent to an activating group) is 1. The Balaban J connectivity index is 1.81. The number of carbonyl (C=O) groups is 1. The predicted octanol–water partition coefficient (Wildman–Crippen LogP) is 2.11. The molecule has 0 saturated carbocycles.